The third-order valence-corrected chi connectivity index (χ3v) is 11.8. The van der Waals surface area contributed by atoms with E-state index in [1.807, 2.05) is 24.3 Å². The summed E-state index contributed by atoms with van der Waals surface area (Å²) in [4.78, 5) is 31.3. The van der Waals surface area contributed by atoms with E-state index in [1.54, 1.807) is 45.1 Å². The van der Waals surface area contributed by atoms with E-state index in [-0.39, 0.29) is 22.1 Å². The van der Waals surface area contributed by atoms with Gasteiger partial charge in [0.05, 0.1) is 23.2 Å². The van der Waals surface area contributed by atoms with Gasteiger partial charge < -0.3 is 19.3 Å². The minimum Gasteiger partial charge on any atom is -0.490 e. The van der Waals surface area contributed by atoms with Crippen LogP contribution >= 0.6 is 11.6 Å². The van der Waals surface area contributed by atoms with E-state index in [9.17, 15) is 18.0 Å². The van der Waals surface area contributed by atoms with Crippen molar-refractivity contribution < 1.29 is 27.5 Å². The number of nitrogens with zero attached hydrogens (tertiary/aromatic N) is 3. The van der Waals surface area contributed by atoms with Crippen LogP contribution in [0.2, 0.25) is 5.02 Å². The SMILES string of the molecule is C[C@@H]1C(=O)NS(=O)(=O)c2ccc3c(c2)N(C[C@@H]2CC[C@H]2[C@@H](OC(=O)N(C)C)/C=C\CN1C)C[C@@]1(CCCc2cc(Cl)ccc21)CO3. The molecular formula is C34H43ClN4O6S. The first-order valence-corrected chi connectivity index (χ1v) is 17.9. The van der Waals surface area contributed by atoms with Gasteiger partial charge in [0.2, 0.25) is 0 Å². The molecule has 1 fully saturated rings. The van der Waals surface area contributed by atoms with E-state index in [2.05, 4.69) is 15.7 Å². The lowest BCUT2D eigenvalue weighted by atomic mass is 9.68. The van der Waals surface area contributed by atoms with Crippen LogP contribution in [0, 0.1) is 11.8 Å². The fourth-order valence-electron chi connectivity index (χ4n) is 7.29. The lowest BCUT2D eigenvalue weighted by molar-refractivity contribution is -0.123. The Bertz CT molecular complexity index is 1650. The average molecular weight is 671 g/mol. The number of amides is 2. The highest BCUT2D eigenvalue weighted by molar-refractivity contribution is 7.90. The summed E-state index contributed by atoms with van der Waals surface area (Å²) in [5.74, 6) is 0.235. The van der Waals surface area contributed by atoms with E-state index in [0.29, 0.717) is 42.7 Å². The van der Waals surface area contributed by atoms with Crippen LogP contribution in [0.4, 0.5) is 10.5 Å². The molecule has 12 heteroatoms. The van der Waals surface area contributed by atoms with Crippen LogP contribution in [0.3, 0.4) is 0 Å². The number of ether oxygens (including phenoxy) is 2. The van der Waals surface area contributed by atoms with Gasteiger partial charge in [-0.3, -0.25) is 9.69 Å². The molecule has 2 bridgehead atoms. The molecule has 248 valence electrons. The van der Waals surface area contributed by atoms with Crippen LogP contribution < -0.4 is 14.4 Å². The molecule has 6 rings (SSSR count). The van der Waals surface area contributed by atoms with Crippen LogP contribution in [0.1, 0.15) is 43.7 Å². The van der Waals surface area contributed by atoms with Crippen LogP contribution in [0.25, 0.3) is 0 Å². The Balaban J connectivity index is 1.44. The summed E-state index contributed by atoms with van der Waals surface area (Å²) in [6.07, 6.45) is 7.65. The van der Waals surface area contributed by atoms with Crippen LogP contribution in [-0.4, -0.2) is 89.7 Å². The highest BCUT2D eigenvalue weighted by atomic mass is 35.5. The number of rotatable bonds is 1. The molecule has 5 atom stereocenters. The van der Waals surface area contributed by atoms with Gasteiger partial charge in [0.1, 0.15) is 11.9 Å². The van der Waals surface area contributed by atoms with Crippen molar-refractivity contribution in [1.82, 2.24) is 14.5 Å². The predicted octanol–water partition coefficient (Wildman–Crippen LogP) is 4.60. The zero-order valence-electron chi connectivity index (χ0n) is 26.9. The molecule has 2 amide bonds. The number of nitrogens with one attached hydrogen (secondary N) is 1. The van der Waals surface area contributed by atoms with Crippen molar-refractivity contribution in [3.05, 3.63) is 64.7 Å². The van der Waals surface area contributed by atoms with Gasteiger partial charge in [-0.1, -0.05) is 23.7 Å². The summed E-state index contributed by atoms with van der Waals surface area (Å²) in [5, 5.41) is 0.708. The number of fused-ring (bicyclic) bond motifs is 4. The molecule has 2 aromatic rings. The standard InChI is InChI=1S/C34H43ClN4O6S/c1-22-32(40)36-46(42,43)26-11-14-31-29(18-26)39(20-34(21-44-31)15-5-7-23-17-25(35)10-13-28(23)34)19-24-9-12-27(24)30(8-6-16-38(22)4)45-33(41)37(2)3/h6,8,10-11,13-14,17-18,22,24,27,30H,5,7,9,12,15-16,19-21H2,1-4H3,(H,36,40)/b8-6-/t22-,24+,27-,30+,34+/m1/s1. The molecule has 0 radical (unpaired) electrons. The van der Waals surface area contributed by atoms with E-state index in [1.165, 1.54) is 22.1 Å². The van der Waals surface area contributed by atoms with Gasteiger partial charge in [0, 0.05) is 50.1 Å². The summed E-state index contributed by atoms with van der Waals surface area (Å²) in [6, 6.07) is 10.2. The molecule has 0 unspecified atom stereocenters. The van der Waals surface area contributed by atoms with Crippen molar-refractivity contribution in [3.63, 3.8) is 0 Å². The normalized spacial score (nSPS) is 30.0. The second-order valence-corrected chi connectivity index (χ2v) is 15.6. The Labute approximate surface area is 276 Å². The quantitative estimate of drug-likeness (QED) is 0.439. The minimum atomic E-state index is -4.16. The van der Waals surface area contributed by atoms with E-state index < -0.39 is 34.2 Å². The lowest BCUT2D eigenvalue weighted by Crippen LogP contribution is -2.50. The summed E-state index contributed by atoms with van der Waals surface area (Å²) in [6.45, 7) is 3.72. The van der Waals surface area contributed by atoms with Crippen LogP contribution in [-0.2, 0) is 31.4 Å². The number of carbonyl (C=O) groups is 2. The van der Waals surface area contributed by atoms with Crippen molar-refractivity contribution in [2.24, 2.45) is 11.8 Å². The second-order valence-electron chi connectivity index (χ2n) is 13.5. The Kier molecular flexibility index (Phi) is 9.04. The number of likely N-dealkylation sites (N-methyl/N-ethyl adjacent to an activating group) is 1. The summed E-state index contributed by atoms with van der Waals surface area (Å²) in [5.41, 5.74) is 2.78. The molecule has 2 aliphatic heterocycles. The smallest absolute Gasteiger partial charge is 0.409 e. The molecule has 1 N–H and O–H groups in total. The Morgan fingerprint density at radius 1 is 1.17 bits per heavy atom. The van der Waals surface area contributed by atoms with E-state index in [0.717, 1.165) is 32.1 Å². The molecule has 2 aliphatic carbocycles. The van der Waals surface area contributed by atoms with Gasteiger partial charge >= 0.3 is 6.09 Å². The molecule has 2 aromatic carbocycles. The Morgan fingerprint density at radius 2 is 1.98 bits per heavy atom. The first-order chi connectivity index (χ1) is 21.9. The minimum absolute atomic E-state index is 0.00441. The average Bonchev–Trinajstić information content (AvgIpc) is 3.14. The van der Waals surface area contributed by atoms with Crippen molar-refractivity contribution in [1.29, 1.82) is 0 Å². The topological polar surface area (TPSA) is 108 Å². The Morgan fingerprint density at radius 3 is 2.72 bits per heavy atom. The fourth-order valence-corrected chi connectivity index (χ4v) is 8.55. The second kappa shape index (κ2) is 12.7. The number of aryl methyl sites for hydroxylation is 1. The molecule has 10 nitrogen and oxygen atoms in total. The number of anilines is 1. The number of hydrogen-bond donors (Lipinski definition) is 1. The van der Waals surface area contributed by atoms with Gasteiger partial charge in [-0.2, -0.15) is 0 Å². The molecule has 4 aliphatic rings. The highest BCUT2D eigenvalue weighted by Gasteiger charge is 2.45. The van der Waals surface area contributed by atoms with E-state index >= 15 is 0 Å². The largest absolute Gasteiger partial charge is 0.490 e. The molecule has 0 saturated heterocycles. The van der Waals surface area contributed by atoms with Crippen molar-refractivity contribution in [3.8, 4) is 5.75 Å². The number of halogens is 1. The molecular weight excluding hydrogens is 628 g/mol. The predicted molar refractivity (Wildman–Crippen MR) is 177 cm³/mol. The first kappa shape index (κ1) is 32.7. The van der Waals surface area contributed by atoms with Crippen molar-refractivity contribution in [2.45, 2.75) is 61.5 Å². The summed E-state index contributed by atoms with van der Waals surface area (Å²) in [7, 11) is 0.931. The maximum Gasteiger partial charge on any atom is 0.409 e. The third-order valence-electron chi connectivity index (χ3n) is 10.3. The number of sulfonamides is 1. The van der Waals surface area contributed by atoms with Gasteiger partial charge in [-0.25, -0.2) is 17.9 Å². The number of benzene rings is 2. The van der Waals surface area contributed by atoms with E-state index in [4.69, 9.17) is 21.1 Å². The maximum absolute atomic E-state index is 13.6. The summed E-state index contributed by atoms with van der Waals surface area (Å²) < 4.78 is 42.0. The fraction of sp³-hybridized carbons (Fsp3) is 0.529. The molecule has 1 spiro atoms. The highest BCUT2D eigenvalue weighted by Crippen LogP contribution is 2.47. The van der Waals surface area contributed by atoms with Gasteiger partial charge in [0.15, 0.2) is 0 Å². The van der Waals surface area contributed by atoms with Crippen LogP contribution in [0.15, 0.2) is 53.4 Å². The first-order valence-electron chi connectivity index (χ1n) is 16.0. The van der Waals surface area contributed by atoms with Crippen LogP contribution in [0.5, 0.6) is 5.75 Å². The number of carbonyl (C=O) groups excluding carboxylic acids is 2. The monoisotopic (exact) mass is 670 g/mol. The third kappa shape index (κ3) is 6.33. The Hall–Kier alpha value is -3.28. The lowest BCUT2D eigenvalue weighted by Gasteiger charge is -2.46. The maximum atomic E-state index is 13.6. The molecule has 2 heterocycles. The van der Waals surface area contributed by atoms with Gasteiger partial charge in [-0.15, -0.1) is 0 Å². The van der Waals surface area contributed by atoms with Gasteiger partial charge in [0.25, 0.3) is 15.9 Å². The zero-order valence-corrected chi connectivity index (χ0v) is 28.4. The van der Waals surface area contributed by atoms with Gasteiger partial charge in [-0.05, 0) is 99.5 Å². The molecule has 1 saturated carbocycles. The molecule has 0 aromatic heterocycles. The number of hydrogen-bond acceptors (Lipinski definition) is 8. The zero-order chi connectivity index (χ0) is 32.8. The van der Waals surface area contributed by atoms with Crippen molar-refractivity contribution in [2.75, 3.05) is 52.3 Å². The van der Waals surface area contributed by atoms with Crippen molar-refractivity contribution >= 4 is 39.3 Å². The summed E-state index contributed by atoms with van der Waals surface area (Å²) >= 11 is 6.41. The molecule has 46 heavy (non-hydrogen) atoms.